The van der Waals surface area contributed by atoms with Crippen LogP contribution in [0, 0.1) is 18.8 Å². The molecule has 1 aliphatic rings. The van der Waals surface area contributed by atoms with Crippen LogP contribution in [0.1, 0.15) is 23.0 Å². The fourth-order valence-electron chi connectivity index (χ4n) is 3.07. The van der Waals surface area contributed by atoms with E-state index in [1.54, 1.807) is 36.1 Å². The third kappa shape index (κ3) is 2.78. The average molecular weight is 349 g/mol. The minimum absolute atomic E-state index is 0.102. The van der Waals surface area contributed by atoms with Gasteiger partial charge in [-0.3, -0.25) is 9.59 Å². The number of carbonyl (C=O) groups is 2. The van der Waals surface area contributed by atoms with Crippen LogP contribution in [0.25, 0.3) is 11.3 Å². The summed E-state index contributed by atoms with van der Waals surface area (Å²) < 4.78 is 5.21. The highest BCUT2D eigenvalue weighted by atomic mass is 35.5. The summed E-state index contributed by atoms with van der Waals surface area (Å²) in [4.78, 5) is 25.8. The normalized spacial score (nSPS) is 20.4. The molecule has 1 fully saturated rings. The number of carboxylic acid groups (broad SMARTS) is 1. The largest absolute Gasteiger partial charge is 0.481 e. The average Bonchev–Trinajstić information content (AvgIpc) is 3.10. The van der Waals surface area contributed by atoms with Crippen molar-refractivity contribution in [2.24, 2.45) is 11.8 Å². The molecule has 0 saturated carbocycles. The summed E-state index contributed by atoms with van der Waals surface area (Å²) in [5.41, 5.74) is 1.33. The number of rotatable bonds is 3. The Labute approximate surface area is 144 Å². The number of likely N-dealkylation sites (tertiary alicyclic amines) is 1. The van der Waals surface area contributed by atoms with Gasteiger partial charge in [0.25, 0.3) is 5.91 Å². The quantitative estimate of drug-likeness (QED) is 0.921. The highest BCUT2D eigenvalue weighted by molar-refractivity contribution is 6.33. The second kappa shape index (κ2) is 6.28. The van der Waals surface area contributed by atoms with Crippen LogP contribution < -0.4 is 0 Å². The van der Waals surface area contributed by atoms with Crippen LogP contribution in [0.4, 0.5) is 0 Å². The Balaban J connectivity index is 1.96. The molecule has 2 heterocycles. The lowest BCUT2D eigenvalue weighted by atomic mass is 9.99. The number of nitrogens with zero attached hydrogens (tertiary/aromatic N) is 2. The summed E-state index contributed by atoms with van der Waals surface area (Å²) in [5, 5.41) is 13.7. The number of benzene rings is 1. The Morgan fingerprint density at radius 1 is 1.33 bits per heavy atom. The third-order valence-electron chi connectivity index (χ3n) is 4.42. The first-order valence-electron chi connectivity index (χ1n) is 7.63. The number of aromatic nitrogens is 1. The van der Waals surface area contributed by atoms with E-state index < -0.39 is 11.9 Å². The van der Waals surface area contributed by atoms with Gasteiger partial charge in [0.2, 0.25) is 0 Å². The van der Waals surface area contributed by atoms with E-state index in [0.29, 0.717) is 34.1 Å². The highest BCUT2D eigenvalue weighted by Gasteiger charge is 2.39. The number of carbonyl (C=O) groups excluding carboxylic acids is 1. The summed E-state index contributed by atoms with van der Waals surface area (Å²) in [6.45, 7) is 4.07. The van der Waals surface area contributed by atoms with Gasteiger partial charge in [-0.05, 0) is 18.9 Å². The predicted molar refractivity (Wildman–Crippen MR) is 87.9 cm³/mol. The van der Waals surface area contributed by atoms with E-state index >= 15 is 0 Å². The summed E-state index contributed by atoms with van der Waals surface area (Å²) >= 11 is 6.21. The molecule has 6 nitrogen and oxygen atoms in total. The Morgan fingerprint density at radius 3 is 2.67 bits per heavy atom. The molecule has 1 N–H and O–H groups in total. The number of aryl methyl sites for hydroxylation is 1. The van der Waals surface area contributed by atoms with E-state index in [2.05, 4.69) is 5.16 Å². The lowest BCUT2D eigenvalue weighted by molar-refractivity contribution is -0.142. The molecule has 1 aromatic heterocycles. The smallest absolute Gasteiger partial charge is 0.308 e. The fraction of sp³-hybridized carbons (Fsp3) is 0.353. The molecular weight excluding hydrogens is 332 g/mol. The van der Waals surface area contributed by atoms with Crippen molar-refractivity contribution in [1.29, 1.82) is 0 Å². The van der Waals surface area contributed by atoms with Crippen molar-refractivity contribution in [3.8, 4) is 11.3 Å². The number of halogens is 1. The first kappa shape index (κ1) is 16.5. The van der Waals surface area contributed by atoms with E-state index in [1.807, 2.05) is 6.92 Å². The zero-order valence-corrected chi connectivity index (χ0v) is 14.1. The third-order valence-corrected chi connectivity index (χ3v) is 4.75. The van der Waals surface area contributed by atoms with E-state index in [1.165, 1.54) is 0 Å². The lowest BCUT2D eigenvalue weighted by Gasteiger charge is -2.16. The van der Waals surface area contributed by atoms with Gasteiger partial charge in [0.05, 0.1) is 10.9 Å². The van der Waals surface area contributed by atoms with Crippen LogP contribution in [-0.2, 0) is 4.79 Å². The maximum atomic E-state index is 12.9. The summed E-state index contributed by atoms with van der Waals surface area (Å²) in [7, 11) is 0. The van der Waals surface area contributed by atoms with E-state index in [4.69, 9.17) is 16.1 Å². The van der Waals surface area contributed by atoms with Crippen molar-refractivity contribution in [3.63, 3.8) is 0 Å². The zero-order valence-electron chi connectivity index (χ0n) is 13.3. The van der Waals surface area contributed by atoms with Crippen LogP contribution >= 0.6 is 11.6 Å². The Bertz CT molecular complexity index is 802. The molecule has 0 radical (unpaired) electrons. The molecule has 1 aliphatic heterocycles. The van der Waals surface area contributed by atoms with Crippen LogP contribution in [-0.4, -0.2) is 40.1 Å². The van der Waals surface area contributed by atoms with Crippen LogP contribution in [0.2, 0.25) is 5.02 Å². The number of aliphatic carboxylic acids is 1. The molecule has 24 heavy (non-hydrogen) atoms. The van der Waals surface area contributed by atoms with Gasteiger partial charge in [-0.15, -0.1) is 0 Å². The lowest BCUT2D eigenvalue weighted by Crippen LogP contribution is -2.30. The molecule has 7 heteroatoms. The molecule has 2 atom stereocenters. The molecule has 0 bridgehead atoms. The monoisotopic (exact) mass is 348 g/mol. The minimum Gasteiger partial charge on any atom is -0.481 e. The predicted octanol–water partition coefficient (Wildman–Crippen LogP) is 3.10. The molecular formula is C17H17ClN2O4. The molecule has 1 saturated heterocycles. The molecule has 126 valence electrons. The molecule has 0 unspecified atom stereocenters. The van der Waals surface area contributed by atoms with E-state index in [9.17, 15) is 14.7 Å². The van der Waals surface area contributed by atoms with Crippen LogP contribution in [0.15, 0.2) is 28.8 Å². The Kier molecular flexibility index (Phi) is 4.32. The maximum Gasteiger partial charge on any atom is 0.308 e. The number of amides is 1. The number of hydrogen-bond donors (Lipinski definition) is 1. The van der Waals surface area contributed by atoms with E-state index in [0.717, 1.165) is 0 Å². The SMILES string of the molecule is Cc1onc(-c2ccccc2Cl)c1C(=O)N1C[C@@H](C)[C@H](C(=O)O)C1. The molecule has 0 spiro atoms. The van der Waals surface area contributed by atoms with Crippen molar-refractivity contribution in [1.82, 2.24) is 10.1 Å². The van der Waals surface area contributed by atoms with Gasteiger partial charge >= 0.3 is 5.97 Å². The van der Waals surface area contributed by atoms with Gasteiger partial charge in [-0.1, -0.05) is 41.9 Å². The molecule has 1 amide bonds. The van der Waals surface area contributed by atoms with Crippen molar-refractivity contribution in [3.05, 3.63) is 40.6 Å². The maximum absolute atomic E-state index is 12.9. The van der Waals surface area contributed by atoms with Crippen LogP contribution in [0.5, 0.6) is 0 Å². The first-order valence-corrected chi connectivity index (χ1v) is 8.01. The van der Waals surface area contributed by atoms with Gasteiger partial charge in [0, 0.05) is 18.7 Å². The van der Waals surface area contributed by atoms with Crippen molar-refractivity contribution >= 4 is 23.5 Å². The van der Waals surface area contributed by atoms with E-state index in [-0.39, 0.29) is 18.4 Å². The first-order chi connectivity index (χ1) is 11.4. The minimum atomic E-state index is -0.883. The van der Waals surface area contributed by atoms with Gasteiger partial charge in [-0.2, -0.15) is 0 Å². The topological polar surface area (TPSA) is 83.6 Å². The standard InChI is InChI=1S/C17H17ClN2O4/c1-9-7-20(8-12(9)17(22)23)16(21)14-10(2)24-19-15(14)11-5-3-4-6-13(11)18/h3-6,9,12H,7-8H2,1-2H3,(H,22,23)/t9-,12-/m1/s1. The summed E-state index contributed by atoms with van der Waals surface area (Å²) in [6, 6.07) is 7.08. The van der Waals surface area contributed by atoms with Gasteiger partial charge in [0.15, 0.2) is 0 Å². The fourth-order valence-corrected chi connectivity index (χ4v) is 3.30. The Morgan fingerprint density at radius 2 is 2.04 bits per heavy atom. The molecule has 0 aliphatic carbocycles. The highest BCUT2D eigenvalue weighted by Crippen LogP contribution is 2.33. The van der Waals surface area contributed by atoms with Crippen molar-refractivity contribution < 1.29 is 19.2 Å². The van der Waals surface area contributed by atoms with Crippen molar-refractivity contribution in [2.45, 2.75) is 13.8 Å². The molecule has 2 aromatic rings. The summed E-state index contributed by atoms with van der Waals surface area (Å²) in [5.74, 6) is -1.43. The van der Waals surface area contributed by atoms with Gasteiger partial charge in [0.1, 0.15) is 17.0 Å². The Hall–Kier alpha value is -2.34. The van der Waals surface area contributed by atoms with Crippen LogP contribution in [0.3, 0.4) is 0 Å². The zero-order chi connectivity index (χ0) is 17.4. The molecule has 1 aromatic carbocycles. The second-order valence-corrected chi connectivity index (χ2v) is 6.48. The van der Waals surface area contributed by atoms with Gasteiger partial charge in [-0.25, -0.2) is 0 Å². The number of hydrogen-bond acceptors (Lipinski definition) is 4. The number of carboxylic acids is 1. The second-order valence-electron chi connectivity index (χ2n) is 6.07. The van der Waals surface area contributed by atoms with Gasteiger partial charge < -0.3 is 14.5 Å². The summed E-state index contributed by atoms with van der Waals surface area (Å²) in [6.07, 6.45) is 0. The molecule has 3 rings (SSSR count). The van der Waals surface area contributed by atoms with Crippen molar-refractivity contribution in [2.75, 3.05) is 13.1 Å².